The zero-order valence-corrected chi connectivity index (χ0v) is 17.7. The Balaban J connectivity index is 1.68. The molecular formula is C22H25N5OS. The van der Waals surface area contributed by atoms with Crippen LogP contribution < -0.4 is 10.7 Å². The molecule has 1 aliphatic rings. The number of benzene rings is 2. The van der Waals surface area contributed by atoms with Gasteiger partial charge in [-0.1, -0.05) is 73.6 Å². The summed E-state index contributed by atoms with van der Waals surface area (Å²) < 4.78 is 1.92. The fraction of sp³-hybridized carbons (Fsp3) is 0.318. The van der Waals surface area contributed by atoms with E-state index < -0.39 is 0 Å². The van der Waals surface area contributed by atoms with Gasteiger partial charge in [0, 0.05) is 12.1 Å². The Morgan fingerprint density at radius 2 is 1.86 bits per heavy atom. The number of nitrogens with zero attached hydrogens (tertiary/aromatic N) is 3. The zero-order valence-electron chi connectivity index (χ0n) is 16.8. The first-order valence-corrected chi connectivity index (χ1v) is 10.8. The molecule has 6 nitrogen and oxygen atoms in total. The Bertz CT molecular complexity index is 1010. The summed E-state index contributed by atoms with van der Waals surface area (Å²) in [5.74, 6) is 0.820. The number of carbonyl (C=O) groups excluding carboxylic acids is 1. The van der Waals surface area contributed by atoms with Crippen molar-refractivity contribution in [3.05, 3.63) is 71.0 Å². The lowest BCUT2D eigenvalue weighted by molar-refractivity contribution is -0.116. The monoisotopic (exact) mass is 407 g/mol. The number of carbonyl (C=O) groups is 1. The molecule has 0 bridgehead atoms. The third kappa shape index (κ3) is 3.87. The third-order valence-electron chi connectivity index (χ3n) is 5.17. The van der Waals surface area contributed by atoms with E-state index in [0.717, 1.165) is 35.5 Å². The fourth-order valence-corrected chi connectivity index (χ4v) is 4.60. The summed E-state index contributed by atoms with van der Waals surface area (Å²) in [7, 11) is 0. The number of anilines is 1. The van der Waals surface area contributed by atoms with Gasteiger partial charge in [0.2, 0.25) is 11.1 Å². The molecule has 3 aromatic rings. The number of nitrogens with one attached hydrogen (secondary N) is 2. The van der Waals surface area contributed by atoms with Gasteiger partial charge in [0.05, 0.1) is 6.04 Å². The molecule has 0 aliphatic carbocycles. The van der Waals surface area contributed by atoms with Gasteiger partial charge in [0.25, 0.3) is 0 Å². The summed E-state index contributed by atoms with van der Waals surface area (Å²) in [4.78, 5) is 13.3. The van der Waals surface area contributed by atoms with Crippen LogP contribution in [-0.4, -0.2) is 26.0 Å². The largest absolute Gasteiger partial charge is 0.325 e. The predicted octanol–water partition coefficient (Wildman–Crippen LogP) is 4.11. The molecule has 150 valence electrons. The SMILES string of the molecule is CCc1ccccc1NC(=O)[C@@H]1Sc2nnc(CC)n2N[C@@H]1c1ccc(C)cc1. The van der Waals surface area contributed by atoms with Gasteiger partial charge in [-0.25, -0.2) is 4.68 Å². The molecule has 7 heteroatoms. The van der Waals surface area contributed by atoms with Crippen LogP contribution in [0, 0.1) is 6.92 Å². The normalized spacial score (nSPS) is 18.0. The van der Waals surface area contributed by atoms with Gasteiger partial charge in [-0.2, -0.15) is 0 Å². The molecule has 29 heavy (non-hydrogen) atoms. The zero-order chi connectivity index (χ0) is 20.4. The van der Waals surface area contributed by atoms with E-state index in [2.05, 4.69) is 59.1 Å². The predicted molar refractivity (Wildman–Crippen MR) is 117 cm³/mol. The lowest BCUT2D eigenvalue weighted by atomic mass is 10.0. The molecule has 0 saturated carbocycles. The first-order valence-electron chi connectivity index (χ1n) is 9.93. The Morgan fingerprint density at radius 1 is 1.10 bits per heavy atom. The molecule has 0 radical (unpaired) electrons. The maximum absolute atomic E-state index is 13.3. The van der Waals surface area contributed by atoms with Crippen molar-refractivity contribution >= 4 is 23.4 Å². The van der Waals surface area contributed by atoms with Crippen LogP contribution in [0.1, 0.15) is 42.4 Å². The summed E-state index contributed by atoms with van der Waals surface area (Å²) in [5.41, 5.74) is 7.73. The minimum atomic E-state index is -0.371. The van der Waals surface area contributed by atoms with E-state index in [0.29, 0.717) is 5.16 Å². The molecule has 2 aromatic carbocycles. The van der Waals surface area contributed by atoms with E-state index in [4.69, 9.17) is 0 Å². The number of thioether (sulfide) groups is 1. The van der Waals surface area contributed by atoms with Gasteiger partial charge < -0.3 is 10.7 Å². The van der Waals surface area contributed by atoms with Crippen LogP contribution in [-0.2, 0) is 17.6 Å². The summed E-state index contributed by atoms with van der Waals surface area (Å²) in [5, 5.41) is 12.0. The minimum Gasteiger partial charge on any atom is -0.325 e. The fourth-order valence-electron chi connectivity index (χ4n) is 3.51. The van der Waals surface area contributed by atoms with Gasteiger partial charge in [-0.15, -0.1) is 10.2 Å². The molecule has 1 amide bonds. The molecular weight excluding hydrogens is 382 g/mol. The molecule has 1 aliphatic heterocycles. The first kappa shape index (κ1) is 19.5. The molecule has 0 fully saturated rings. The van der Waals surface area contributed by atoms with Crippen molar-refractivity contribution < 1.29 is 4.79 Å². The van der Waals surface area contributed by atoms with Crippen LogP contribution in [0.25, 0.3) is 0 Å². The number of fused-ring (bicyclic) bond motifs is 1. The van der Waals surface area contributed by atoms with E-state index in [-0.39, 0.29) is 17.2 Å². The van der Waals surface area contributed by atoms with E-state index in [9.17, 15) is 4.79 Å². The highest BCUT2D eigenvalue weighted by molar-refractivity contribution is 8.00. The van der Waals surface area contributed by atoms with Crippen LogP contribution in [0.3, 0.4) is 0 Å². The molecule has 4 rings (SSSR count). The maximum Gasteiger partial charge on any atom is 0.240 e. The lowest BCUT2D eigenvalue weighted by Crippen LogP contribution is -2.41. The summed E-state index contributed by atoms with van der Waals surface area (Å²) in [6.07, 6.45) is 1.63. The van der Waals surface area contributed by atoms with Gasteiger partial charge in [0.1, 0.15) is 5.25 Å². The standard InChI is InChI=1S/C22H25N5OS/c1-4-15-8-6-7-9-17(15)23-21(28)20-19(16-12-10-14(3)11-13-16)26-27-18(5-2)24-25-22(27)29-20/h6-13,19-20,26H,4-5H2,1-3H3,(H,23,28)/t19-,20-/m1/s1. The van der Waals surface area contributed by atoms with Crippen LogP contribution in [0.15, 0.2) is 53.7 Å². The van der Waals surface area contributed by atoms with E-state index in [1.54, 1.807) is 0 Å². The highest BCUT2D eigenvalue weighted by Gasteiger charge is 2.37. The Kier molecular flexibility index (Phi) is 5.58. The molecule has 2 atom stereocenters. The molecule has 2 heterocycles. The number of hydrogen-bond donors (Lipinski definition) is 2. The Morgan fingerprint density at radius 3 is 2.59 bits per heavy atom. The van der Waals surface area contributed by atoms with Crippen LogP contribution in [0.2, 0.25) is 0 Å². The summed E-state index contributed by atoms with van der Waals surface area (Å²) in [6, 6.07) is 16.1. The average molecular weight is 408 g/mol. The Hall–Kier alpha value is -2.80. The third-order valence-corrected chi connectivity index (χ3v) is 6.39. The van der Waals surface area contributed by atoms with Crippen molar-refractivity contribution in [2.45, 2.75) is 50.1 Å². The van der Waals surface area contributed by atoms with Crippen molar-refractivity contribution in [2.75, 3.05) is 10.7 Å². The number of aromatic nitrogens is 3. The quantitative estimate of drug-likeness (QED) is 0.666. The Labute approximate surface area is 175 Å². The molecule has 0 spiro atoms. The minimum absolute atomic E-state index is 0.0405. The highest BCUT2D eigenvalue weighted by Crippen LogP contribution is 2.37. The van der Waals surface area contributed by atoms with Crippen molar-refractivity contribution in [1.29, 1.82) is 0 Å². The van der Waals surface area contributed by atoms with E-state index in [1.807, 2.05) is 35.9 Å². The van der Waals surface area contributed by atoms with Crippen LogP contribution in [0.4, 0.5) is 5.69 Å². The second-order valence-electron chi connectivity index (χ2n) is 7.14. The molecule has 0 unspecified atom stereocenters. The second kappa shape index (κ2) is 8.29. The average Bonchev–Trinajstić information content (AvgIpc) is 3.16. The number of para-hydroxylation sites is 1. The number of hydrogen-bond acceptors (Lipinski definition) is 5. The van der Waals surface area contributed by atoms with Gasteiger partial charge in [-0.05, 0) is 30.5 Å². The van der Waals surface area contributed by atoms with Crippen LogP contribution in [0.5, 0.6) is 0 Å². The van der Waals surface area contributed by atoms with Crippen molar-refractivity contribution in [3.63, 3.8) is 0 Å². The van der Waals surface area contributed by atoms with E-state index >= 15 is 0 Å². The van der Waals surface area contributed by atoms with Crippen molar-refractivity contribution in [1.82, 2.24) is 14.9 Å². The number of rotatable bonds is 5. The van der Waals surface area contributed by atoms with Crippen molar-refractivity contribution in [3.8, 4) is 0 Å². The molecule has 0 saturated heterocycles. The first-order chi connectivity index (χ1) is 14.1. The van der Waals surface area contributed by atoms with Gasteiger partial charge in [0.15, 0.2) is 5.82 Å². The highest BCUT2D eigenvalue weighted by atomic mass is 32.2. The number of aryl methyl sites for hydroxylation is 3. The van der Waals surface area contributed by atoms with Crippen molar-refractivity contribution in [2.24, 2.45) is 0 Å². The summed E-state index contributed by atoms with van der Waals surface area (Å²) >= 11 is 1.46. The van der Waals surface area contributed by atoms with Gasteiger partial charge in [-0.3, -0.25) is 4.79 Å². The second-order valence-corrected chi connectivity index (χ2v) is 8.25. The number of amides is 1. The maximum atomic E-state index is 13.3. The molecule has 2 N–H and O–H groups in total. The summed E-state index contributed by atoms with van der Waals surface area (Å²) in [6.45, 7) is 6.20. The van der Waals surface area contributed by atoms with Crippen LogP contribution >= 0.6 is 11.8 Å². The van der Waals surface area contributed by atoms with E-state index in [1.165, 1.54) is 17.3 Å². The smallest absolute Gasteiger partial charge is 0.240 e. The molecule has 1 aromatic heterocycles. The topological polar surface area (TPSA) is 71.8 Å². The lowest BCUT2D eigenvalue weighted by Gasteiger charge is -2.33. The van der Waals surface area contributed by atoms with Gasteiger partial charge >= 0.3 is 0 Å².